The topological polar surface area (TPSA) is 53.2 Å². The van der Waals surface area contributed by atoms with Crippen LogP contribution >= 0.6 is 0 Å². The second-order valence-corrected chi connectivity index (χ2v) is 5.31. The van der Waals surface area contributed by atoms with E-state index in [2.05, 4.69) is 28.1 Å². The minimum Gasteiger partial charge on any atom is -0.384 e. The Morgan fingerprint density at radius 1 is 1.18 bits per heavy atom. The number of hydrogen-bond donors (Lipinski definition) is 3. The Labute approximate surface area is 128 Å². The highest BCUT2D eigenvalue weighted by Gasteiger charge is 2.21. The van der Waals surface area contributed by atoms with Gasteiger partial charge in [0.25, 0.3) is 0 Å². The Balaban J connectivity index is 1.48. The lowest BCUT2D eigenvalue weighted by atomic mass is 9.98. The van der Waals surface area contributed by atoms with Crippen molar-refractivity contribution in [2.45, 2.75) is 12.3 Å². The first-order valence-electron chi connectivity index (χ1n) is 7.36. The molecule has 0 spiro atoms. The summed E-state index contributed by atoms with van der Waals surface area (Å²) in [6.45, 7) is 1.43. The maximum atomic E-state index is 13.4. The Bertz CT molecular complexity index is 674. The Morgan fingerprint density at radius 2 is 1.95 bits per heavy atom. The van der Waals surface area contributed by atoms with Crippen molar-refractivity contribution in [3.63, 3.8) is 0 Å². The molecule has 3 N–H and O–H groups in total. The zero-order valence-corrected chi connectivity index (χ0v) is 12.1. The maximum Gasteiger partial charge on any atom is 0.319 e. The summed E-state index contributed by atoms with van der Waals surface area (Å²) in [5, 5.41) is 8.64. The lowest BCUT2D eigenvalue weighted by Gasteiger charge is -2.12. The average molecular weight is 299 g/mol. The summed E-state index contributed by atoms with van der Waals surface area (Å²) in [5.41, 5.74) is 2.65. The second-order valence-electron chi connectivity index (χ2n) is 5.31. The van der Waals surface area contributed by atoms with Gasteiger partial charge >= 0.3 is 6.03 Å². The molecule has 3 rings (SSSR count). The molecule has 1 unspecified atom stereocenters. The molecule has 0 saturated heterocycles. The summed E-state index contributed by atoms with van der Waals surface area (Å²) in [5.74, 6) is -0.0449. The minimum atomic E-state index is -0.438. The van der Waals surface area contributed by atoms with E-state index in [1.165, 1.54) is 23.4 Å². The van der Waals surface area contributed by atoms with Gasteiger partial charge in [0.1, 0.15) is 5.82 Å². The SMILES string of the molecule is O=C(NCCC1CNc2ccccc21)Nc1ccccc1F. The van der Waals surface area contributed by atoms with Crippen LogP contribution in [0.4, 0.5) is 20.6 Å². The van der Waals surface area contributed by atoms with Crippen LogP contribution in [0.1, 0.15) is 17.9 Å². The molecule has 0 bridgehead atoms. The van der Waals surface area contributed by atoms with Crippen molar-refractivity contribution < 1.29 is 9.18 Å². The van der Waals surface area contributed by atoms with Crippen molar-refractivity contribution in [2.75, 3.05) is 23.7 Å². The molecule has 0 aliphatic carbocycles. The van der Waals surface area contributed by atoms with Crippen molar-refractivity contribution in [3.8, 4) is 0 Å². The van der Waals surface area contributed by atoms with Gasteiger partial charge in [-0.1, -0.05) is 30.3 Å². The molecule has 5 heteroatoms. The van der Waals surface area contributed by atoms with E-state index in [0.717, 1.165) is 13.0 Å². The quantitative estimate of drug-likeness (QED) is 0.808. The molecule has 1 aliphatic rings. The summed E-state index contributed by atoms with van der Waals surface area (Å²) in [4.78, 5) is 11.8. The van der Waals surface area contributed by atoms with Gasteiger partial charge in [-0.15, -0.1) is 0 Å². The van der Waals surface area contributed by atoms with Crippen LogP contribution in [-0.4, -0.2) is 19.1 Å². The summed E-state index contributed by atoms with van der Waals surface area (Å²) in [6, 6.07) is 13.9. The van der Waals surface area contributed by atoms with Crippen LogP contribution < -0.4 is 16.0 Å². The number of rotatable bonds is 4. The number of hydrogen-bond acceptors (Lipinski definition) is 2. The van der Waals surface area contributed by atoms with Crippen LogP contribution in [-0.2, 0) is 0 Å². The number of carbonyl (C=O) groups is 1. The summed E-state index contributed by atoms with van der Waals surface area (Å²) >= 11 is 0. The molecule has 2 aromatic rings. The van der Waals surface area contributed by atoms with Crippen molar-refractivity contribution in [1.29, 1.82) is 0 Å². The number of para-hydroxylation sites is 2. The Morgan fingerprint density at radius 3 is 2.82 bits per heavy atom. The normalized spacial score (nSPS) is 15.8. The molecule has 2 amide bonds. The van der Waals surface area contributed by atoms with Crippen molar-refractivity contribution in [2.24, 2.45) is 0 Å². The fourth-order valence-electron chi connectivity index (χ4n) is 2.70. The number of nitrogens with one attached hydrogen (secondary N) is 3. The zero-order chi connectivity index (χ0) is 15.4. The fourth-order valence-corrected chi connectivity index (χ4v) is 2.70. The molecular weight excluding hydrogens is 281 g/mol. The molecule has 0 aromatic heterocycles. The van der Waals surface area contributed by atoms with Gasteiger partial charge in [0.05, 0.1) is 5.69 Å². The van der Waals surface area contributed by atoms with E-state index in [9.17, 15) is 9.18 Å². The highest BCUT2D eigenvalue weighted by molar-refractivity contribution is 5.89. The second kappa shape index (κ2) is 6.47. The van der Waals surface area contributed by atoms with Crippen LogP contribution in [0.3, 0.4) is 0 Å². The van der Waals surface area contributed by atoms with Crippen LogP contribution in [0, 0.1) is 5.82 Å². The van der Waals surface area contributed by atoms with Gasteiger partial charge in [-0.05, 0) is 30.2 Å². The highest BCUT2D eigenvalue weighted by atomic mass is 19.1. The zero-order valence-electron chi connectivity index (χ0n) is 12.1. The molecular formula is C17H18FN3O. The van der Waals surface area contributed by atoms with Gasteiger partial charge < -0.3 is 16.0 Å². The Hall–Kier alpha value is -2.56. The van der Waals surface area contributed by atoms with Gasteiger partial charge in [0, 0.05) is 24.7 Å². The molecule has 22 heavy (non-hydrogen) atoms. The molecule has 0 fully saturated rings. The standard InChI is InChI=1S/C17H18FN3O/c18-14-6-2-4-8-16(14)21-17(22)19-10-9-12-11-20-15-7-3-1-5-13(12)15/h1-8,12,20H,9-11H2,(H2,19,21,22). The summed E-state index contributed by atoms with van der Waals surface area (Å²) in [6.07, 6.45) is 0.842. The predicted octanol–water partition coefficient (Wildman–Crippen LogP) is 3.55. The largest absolute Gasteiger partial charge is 0.384 e. The summed E-state index contributed by atoms with van der Waals surface area (Å²) in [7, 11) is 0. The molecule has 2 aromatic carbocycles. The molecule has 0 radical (unpaired) electrons. The lowest BCUT2D eigenvalue weighted by molar-refractivity contribution is 0.251. The van der Waals surface area contributed by atoms with Gasteiger partial charge in [-0.25, -0.2) is 9.18 Å². The molecule has 1 atom stereocenters. The minimum absolute atomic E-state index is 0.188. The molecule has 1 heterocycles. The third-order valence-corrected chi connectivity index (χ3v) is 3.84. The first kappa shape index (κ1) is 14.4. The number of halogens is 1. The van der Waals surface area contributed by atoms with E-state index in [-0.39, 0.29) is 11.7 Å². The molecule has 4 nitrogen and oxygen atoms in total. The van der Waals surface area contributed by atoms with Crippen LogP contribution in [0.15, 0.2) is 48.5 Å². The van der Waals surface area contributed by atoms with Crippen molar-refractivity contribution >= 4 is 17.4 Å². The number of benzene rings is 2. The van der Waals surface area contributed by atoms with E-state index in [4.69, 9.17) is 0 Å². The first-order valence-corrected chi connectivity index (χ1v) is 7.36. The van der Waals surface area contributed by atoms with E-state index in [1.54, 1.807) is 12.1 Å². The van der Waals surface area contributed by atoms with E-state index in [1.807, 2.05) is 12.1 Å². The first-order chi connectivity index (χ1) is 10.7. The van der Waals surface area contributed by atoms with Crippen LogP contribution in [0.2, 0.25) is 0 Å². The van der Waals surface area contributed by atoms with Crippen molar-refractivity contribution in [1.82, 2.24) is 5.32 Å². The lowest BCUT2D eigenvalue weighted by Crippen LogP contribution is -2.30. The third kappa shape index (κ3) is 3.19. The molecule has 1 aliphatic heterocycles. The van der Waals surface area contributed by atoms with Crippen molar-refractivity contribution in [3.05, 3.63) is 59.9 Å². The van der Waals surface area contributed by atoms with Gasteiger partial charge in [0.15, 0.2) is 0 Å². The number of fused-ring (bicyclic) bond motifs is 1. The Kier molecular flexibility index (Phi) is 4.23. The van der Waals surface area contributed by atoms with Gasteiger partial charge in [-0.3, -0.25) is 0 Å². The number of carbonyl (C=O) groups excluding carboxylic acids is 1. The highest BCUT2D eigenvalue weighted by Crippen LogP contribution is 2.32. The van der Waals surface area contributed by atoms with E-state index >= 15 is 0 Å². The van der Waals surface area contributed by atoms with Gasteiger partial charge in [0.2, 0.25) is 0 Å². The van der Waals surface area contributed by atoms with Crippen LogP contribution in [0.5, 0.6) is 0 Å². The predicted molar refractivity (Wildman–Crippen MR) is 85.7 cm³/mol. The molecule has 0 saturated carbocycles. The number of urea groups is 1. The monoisotopic (exact) mass is 299 g/mol. The van der Waals surface area contributed by atoms with E-state index in [0.29, 0.717) is 12.5 Å². The van der Waals surface area contributed by atoms with Crippen LogP contribution in [0.25, 0.3) is 0 Å². The fraction of sp³-hybridized carbons (Fsp3) is 0.235. The number of anilines is 2. The number of amides is 2. The van der Waals surface area contributed by atoms with E-state index < -0.39 is 5.82 Å². The van der Waals surface area contributed by atoms with Gasteiger partial charge in [-0.2, -0.15) is 0 Å². The third-order valence-electron chi connectivity index (χ3n) is 3.84. The maximum absolute atomic E-state index is 13.4. The average Bonchev–Trinajstić information content (AvgIpc) is 2.93. The summed E-state index contributed by atoms with van der Waals surface area (Å²) < 4.78 is 13.4. The smallest absolute Gasteiger partial charge is 0.319 e. The molecule has 114 valence electrons.